The van der Waals surface area contributed by atoms with Crippen LogP contribution in [0.25, 0.3) is 0 Å². The summed E-state index contributed by atoms with van der Waals surface area (Å²) in [6, 6.07) is 8.73. The number of nitrogens with two attached hydrogens (primary N) is 1. The van der Waals surface area contributed by atoms with Crippen LogP contribution in [0, 0.1) is 0 Å². The summed E-state index contributed by atoms with van der Waals surface area (Å²) in [5, 5.41) is 9.74. The third-order valence-corrected chi connectivity index (χ3v) is 2.80. The average molecular weight is 267 g/mol. The lowest BCUT2D eigenvalue weighted by Crippen LogP contribution is -2.44. The number of nitrogens with zero attached hydrogens (tertiary/aromatic N) is 1. The number of aliphatic hydroxyl groups is 1. The van der Waals surface area contributed by atoms with Gasteiger partial charge in [0.2, 0.25) is 0 Å². The number of benzene rings is 1. The van der Waals surface area contributed by atoms with Gasteiger partial charge in [0.15, 0.2) is 0 Å². The molecular weight excluding hydrogens is 246 g/mol. The van der Waals surface area contributed by atoms with Gasteiger partial charge in [0, 0.05) is 13.7 Å². The van der Waals surface area contributed by atoms with Crippen LogP contribution in [0.15, 0.2) is 30.3 Å². The highest BCUT2D eigenvalue weighted by atomic mass is 16.5. The second-order valence-electron chi connectivity index (χ2n) is 4.37. The Morgan fingerprint density at radius 2 is 2.11 bits per heavy atom. The smallest absolute Gasteiger partial charge is 0.255 e. The molecule has 0 saturated heterocycles. The fraction of sp³-hybridized carbons (Fsp3) is 0.462. The van der Waals surface area contributed by atoms with Gasteiger partial charge in [0.25, 0.3) is 5.91 Å². The summed E-state index contributed by atoms with van der Waals surface area (Å²) in [6.45, 7) is 0.525. The lowest BCUT2D eigenvalue weighted by atomic mass is 10.0. The predicted molar refractivity (Wildman–Crippen MR) is 72.0 cm³/mol. The fourth-order valence-electron chi connectivity index (χ4n) is 2.00. The molecule has 19 heavy (non-hydrogen) atoms. The number of methoxy groups -OCH3 is 1. The molecule has 1 amide bonds. The van der Waals surface area contributed by atoms with Gasteiger partial charge in [0.05, 0.1) is 12.7 Å². The van der Waals surface area contributed by atoms with Gasteiger partial charge in [-0.15, -0.1) is 0 Å². The molecule has 0 aromatic heterocycles. The van der Waals surface area contributed by atoms with E-state index in [4.69, 9.17) is 10.6 Å². The van der Waals surface area contributed by atoms with E-state index in [2.05, 4.69) is 5.43 Å². The van der Waals surface area contributed by atoms with E-state index < -0.39 is 12.1 Å². The molecule has 1 rings (SSSR count). The number of amides is 1. The number of likely N-dealkylation sites (N-methyl/N-ethyl adjacent to an activating group) is 1. The molecule has 0 aliphatic carbocycles. The molecule has 0 radical (unpaired) electrons. The number of rotatable bonds is 7. The number of nitrogens with one attached hydrogen (secondary N) is 1. The summed E-state index contributed by atoms with van der Waals surface area (Å²) < 4.78 is 4.87. The SMILES string of the molecule is COCC(O)CN(C)C(C(=O)NN)c1ccccc1. The minimum absolute atomic E-state index is 0.218. The molecule has 0 fully saturated rings. The van der Waals surface area contributed by atoms with E-state index in [0.717, 1.165) is 5.56 Å². The van der Waals surface area contributed by atoms with Gasteiger partial charge in [-0.2, -0.15) is 0 Å². The largest absolute Gasteiger partial charge is 0.389 e. The first-order chi connectivity index (χ1) is 9.10. The van der Waals surface area contributed by atoms with Crippen molar-refractivity contribution < 1.29 is 14.6 Å². The lowest BCUT2D eigenvalue weighted by Gasteiger charge is -2.28. The topological polar surface area (TPSA) is 87.8 Å². The normalized spacial score (nSPS) is 14.2. The van der Waals surface area contributed by atoms with Gasteiger partial charge in [-0.05, 0) is 12.6 Å². The Kier molecular flexibility index (Phi) is 6.44. The molecule has 0 saturated carbocycles. The van der Waals surface area contributed by atoms with Crippen molar-refractivity contribution in [1.82, 2.24) is 10.3 Å². The highest BCUT2D eigenvalue weighted by molar-refractivity contribution is 5.82. The summed E-state index contributed by atoms with van der Waals surface area (Å²) in [7, 11) is 3.27. The van der Waals surface area contributed by atoms with Gasteiger partial charge < -0.3 is 9.84 Å². The molecule has 1 aromatic rings. The molecule has 6 heteroatoms. The maximum Gasteiger partial charge on any atom is 0.255 e. The quantitative estimate of drug-likeness (QED) is 0.357. The molecule has 0 spiro atoms. The Hall–Kier alpha value is -1.47. The van der Waals surface area contributed by atoms with Gasteiger partial charge in [0.1, 0.15) is 6.04 Å². The van der Waals surface area contributed by atoms with Crippen LogP contribution < -0.4 is 11.3 Å². The summed E-state index contributed by atoms with van der Waals surface area (Å²) in [6.07, 6.45) is -0.660. The van der Waals surface area contributed by atoms with Crippen molar-refractivity contribution in [3.05, 3.63) is 35.9 Å². The van der Waals surface area contributed by atoms with Gasteiger partial charge in [-0.25, -0.2) is 5.84 Å². The van der Waals surface area contributed by atoms with Crippen molar-refractivity contribution in [3.8, 4) is 0 Å². The van der Waals surface area contributed by atoms with E-state index in [0.29, 0.717) is 6.54 Å². The van der Waals surface area contributed by atoms with Crippen LogP contribution in [0.2, 0.25) is 0 Å². The number of ether oxygens (including phenoxy) is 1. The summed E-state index contributed by atoms with van der Waals surface area (Å²) in [5.41, 5.74) is 2.97. The van der Waals surface area contributed by atoms with Crippen molar-refractivity contribution in [2.45, 2.75) is 12.1 Å². The monoisotopic (exact) mass is 267 g/mol. The van der Waals surface area contributed by atoms with Gasteiger partial charge in [-0.3, -0.25) is 15.1 Å². The first kappa shape index (κ1) is 15.6. The molecule has 0 bridgehead atoms. The van der Waals surface area contributed by atoms with Gasteiger partial charge in [-0.1, -0.05) is 30.3 Å². The zero-order valence-corrected chi connectivity index (χ0v) is 11.2. The summed E-state index contributed by atoms with van der Waals surface area (Å²) in [4.78, 5) is 13.6. The molecule has 6 nitrogen and oxygen atoms in total. The number of hydrogen-bond acceptors (Lipinski definition) is 5. The minimum Gasteiger partial charge on any atom is -0.389 e. The Balaban J connectivity index is 2.83. The Morgan fingerprint density at radius 3 is 2.63 bits per heavy atom. The van der Waals surface area contributed by atoms with Crippen molar-refractivity contribution >= 4 is 5.91 Å². The van der Waals surface area contributed by atoms with E-state index in [9.17, 15) is 9.90 Å². The van der Waals surface area contributed by atoms with E-state index in [1.165, 1.54) is 7.11 Å². The van der Waals surface area contributed by atoms with Crippen molar-refractivity contribution in [1.29, 1.82) is 0 Å². The molecular formula is C13H21N3O3. The molecule has 106 valence electrons. The third-order valence-electron chi connectivity index (χ3n) is 2.80. The van der Waals surface area contributed by atoms with Crippen LogP contribution in [0.5, 0.6) is 0 Å². The molecule has 4 N–H and O–H groups in total. The molecule has 2 unspecified atom stereocenters. The Morgan fingerprint density at radius 1 is 1.47 bits per heavy atom. The zero-order chi connectivity index (χ0) is 14.3. The van der Waals surface area contributed by atoms with Crippen LogP contribution >= 0.6 is 0 Å². The summed E-state index contributed by atoms with van der Waals surface area (Å²) >= 11 is 0. The van der Waals surface area contributed by atoms with Crippen LogP contribution in [0.4, 0.5) is 0 Å². The van der Waals surface area contributed by atoms with Crippen LogP contribution in [-0.4, -0.2) is 49.3 Å². The molecule has 0 heterocycles. The molecule has 0 aliphatic heterocycles. The maximum atomic E-state index is 11.9. The number of carbonyl (C=O) groups is 1. The number of hydrogen-bond donors (Lipinski definition) is 3. The van der Waals surface area contributed by atoms with Crippen molar-refractivity contribution in [3.63, 3.8) is 0 Å². The number of aliphatic hydroxyl groups excluding tert-OH is 1. The van der Waals surface area contributed by atoms with Gasteiger partial charge >= 0.3 is 0 Å². The second-order valence-corrected chi connectivity index (χ2v) is 4.37. The first-order valence-electron chi connectivity index (χ1n) is 6.02. The third kappa shape index (κ3) is 4.60. The number of hydrazine groups is 1. The molecule has 1 aromatic carbocycles. The van der Waals surface area contributed by atoms with Crippen LogP contribution in [0.1, 0.15) is 11.6 Å². The predicted octanol–water partition coefficient (Wildman–Crippen LogP) is -0.343. The highest BCUT2D eigenvalue weighted by Crippen LogP contribution is 2.19. The fourth-order valence-corrected chi connectivity index (χ4v) is 2.00. The van der Waals surface area contributed by atoms with E-state index >= 15 is 0 Å². The minimum atomic E-state index is -0.660. The van der Waals surface area contributed by atoms with E-state index in [-0.39, 0.29) is 12.5 Å². The standard InChI is InChI=1S/C13H21N3O3/c1-16(8-11(17)9-19-2)12(13(18)15-14)10-6-4-3-5-7-10/h3-7,11-12,17H,8-9,14H2,1-2H3,(H,15,18). The molecule has 2 atom stereocenters. The maximum absolute atomic E-state index is 11.9. The van der Waals surface area contributed by atoms with Crippen LogP contribution in [-0.2, 0) is 9.53 Å². The Bertz CT molecular complexity index is 386. The average Bonchev–Trinajstić information content (AvgIpc) is 2.40. The zero-order valence-electron chi connectivity index (χ0n) is 11.2. The van der Waals surface area contributed by atoms with Crippen LogP contribution in [0.3, 0.4) is 0 Å². The highest BCUT2D eigenvalue weighted by Gasteiger charge is 2.25. The van der Waals surface area contributed by atoms with E-state index in [1.54, 1.807) is 11.9 Å². The van der Waals surface area contributed by atoms with E-state index in [1.807, 2.05) is 30.3 Å². The summed E-state index contributed by atoms with van der Waals surface area (Å²) in [5.74, 6) is 4.90. The molecule has 0 aliphatic rings. The van der Waals surface area contributed by atoms with Crippen molar-refractivity contribution in [2.75, 3.05) is 27.3 Å². The first-order valence-corrected chi connectivity index (χ1v) is 6.02. The number of carbonyl (C=O) groups excluding carboxylic acids is 1. The second kappa shape index (κ2) is 7.85. The lowest BCUT2D eigenvalue weighted by molar-refractivity contribution is -0.126. The van der Waals surface area contributed by atoms with Crippen molar-refractivity contribution in [2.24, 2.45) is 5.84 Å². The Labute approximate surface area is 113 Å².